The molecule has 4 N–H and O–H groups in total. The maximum Gasteiger partial charge on any atom is 0.426 e. The molecule has 20 fully saturated rings. The largest absolute Gasteiger partial charge is 0.426 e. The van der Waals surface area contributed by atoms with Crippen LogP contribution in [0, 0.1) is 116 Å². The lowest BCUT2D eigenvalue weighted by molar-refractivity contribution is -0.434. The summed E-state index contributed by atoms with van der Waals surface area (Å²) in [6, 6.07) is 0. The lowest BCUT2D eigenvalue weighted by Gasteiger charge is -2.48. The molecule has 0 radical (unpaired) electrons. The molecule has 4 aliphatic heterocycles. The normalized spacial score (nSPS) is 42.8. The fourth-order valence-corrected chi connectivity index (χ4v) is 25.0. The Morgan fingerprint density at radius 2 is 0.380 bits per heavy atom. The van der Waals surface area contributed by atoms with Crippen molar-refractivity contribution in [3.63, 3.8) is 0 Å². The molecule has 0 spiro atoms. The molecule has 0 aromatic heterocycles. The molecule has 20 aliphatic rings. The van der Waals surface area contributed by atoms with Crippen LogP contribution in [0.25, 0.3) is 0 Å². The van der Waals surface area contributed by atoms with Gasteiger partial charge in [-0.2, -0.15) is 211 Å². The number of alkyl halides is 48. The van der Waals surface area contributed by atoms with Gasteiger partial charge in [-0.3, -0.25) is 0 Å². The van der Waals surface area contributed by atoms with Gasteiger partial charge in [-0.05, 0) is 96.7 Å². The van der Waals surface area contributed by atoms with Gasteiger partial charge in [0.15, 0.2) is 0 Å². The van der Waals surface area contributed by atoms with Gasteiger partial charge in [0.05, 0.1) is 35.2 Å². The number of hydrogen-bond donors (Lipinski definition) is 4. The second kappa shape index (κ2) is 20.0. The molecule has 4 saturated heterocycles. The van der Waals surface area contributed by atoms with E-state index in [2.05, 4.69) is 18.9 Å². The predicted octanol–water partition coefficient (Wildman–Crippen LogP) is 15.9. The number of rotatable bonds is 4. The van der Waals surface area contributed by atoms with Crippen molar-refractivity contribution in [2.24, 2.45) is 116 Å². The van der Waals surface area contributed by atoms with Gasteiger partial charge in [0.2, 0.25) is 0 Å². The third kappa shape index (κ3) is 7.91. The summed E-state index contributed by atoms with van der Waals surface area (Å²) in [4.78, 5) is 0. The highest BCUT2D eigenvalue weighted by molar-refractivity contribution is 5.48. The number of aliphatic hydroxyl groups is 4. The third-order valence-electron chi connectivity index (χ3n) is 27.2. The predicted molar refractivity (Wildman–Crippen MR) is 231 cm³/mol. The molecule has 8 nitrogen and oxygen atoms in total. The van der Waals surface area contributed by atoms with E-state index < -0.39 is 310 Å². The fourth-order valence-electron chi connectivity index (χ4n) is 25.0. The Kier molecular flexibility index (Phi) is 15.3. The van der Waals surface area contributed by atoms with E-state index in [0.29, 0.717) is 0 Å². The molecule has 624 valence electrons. The first-order valence-corrected chi connectivity index (χ1v) is 29.9. The molecule has 108 heavy (non-hydrogen) atoms. The van der Waals surface area contributed by atoms with Gasteiger partial charge in [-0.15, -0.1) is 0 Å². The van der Waals surface area contributed by atoms with Crippen molar-refractivity contribution in [2.75, 3.05) is 0 Å². The first-order chi connectivity index (χ1) is 47.3. The van der Waals surface area contributed by atoms with E-state index in [4.69, 9.17) is 0 Å². The number of hydrogen-bond acceptors (Lipinski definition) is 8. The zero-order chi connectivity index (χ0) is 83.2. The molecular formula is C52H32F48O8. The van der Waals surface area contributed by atoms with E-state index in [9.17, 15) is 231 Å². The van der Waals surface area contributed by atoms with Gasteiger partial charge in [0.1, 0.15) is 0 Å². The van der Waals surface area contributed by atoms with Gasteiger partial charge < -0.3 is 39.4 Å². The van der Waals surface area contributed by atoms with E-state index in [-0.39, 0.29) is 0 Å². The van der Waals surface area contributed by atoms with Gasteiger partial charge in [-0.1, -0.05) is 0 Å². The first kappa shape index (κ1) is 82.3. The van der Waals surface area contributed by atoms with Crippen LogP contribution in [0.1, 0.15) is 25.7 Å². The highest BCUT2D eigenvalue weighted by atomic mass is 19.5. The molecule has 0 aromatic rings. The second-order valence-corrected chi connectivity index (χ2v) is 29.9. The van der Waals surface area contributed by atoms with E-state index in [0.717, 1.165) is 0 Å². The summed E-state index contributed by atoms with van der Waals surface area (Å²) in [5.41, 5.74) is -56.3. The Balaban J connectivity index is 0.000000127. The smallest absolute Gasteiger partial charge is 0.373 e. The van der Waals surface area contributed by atoms with Crippen molar-refractivity contribution >= 4 is 0 Å². The molecule has 0 aromatic carbocycles. The summed E-state index contributed by atoms with van der Waals surface area (Å²) in [5.74, 6) is -34.5. The van der Waals surface area contributed by atoms with E-state index in [1.54, 1.807) is 0 Å². The van der Waals surface area contributed by atoms with Crippen LogP contribution in [0.3, 0.4) is 0 Å². The number of halogens is 48. The molecule has 16 saturated carbocycles. The standard InChI is InChI=1S/4C13H8F12O2/c2*14-10(15,16)8(11(17,18)19)6-2-1-3-4(5(2)27-8)7(3,6)9(26,12(20,21)22)13(23,24)25;2*14-10(15,16)8(11(17,18)19)4-2-1-3-5(4)7(3,6(2)27-8)9(26,12(20,21)22)13(23,24)25/h4*2-6,26H,1H2/t4*2-,3+,4?,5?,6?,7?/m1010/s1. The van der Waals surface area contributed by atoms with Crippen molar-refractivity contribution < 1.29 is 250 Å². The van der Waals surface area contributed by atoms with Crippen LogP contribution < -0.4 is 0 Å². The second-order valence-electron chi connectivity index (χ2n) is 29.9. The van der Waals surface area contributed by atoms with Crippen molar-refractivity contribution in [1.29, 1.82) is 0 Å². The Morgan fingerprint density at radius 1 is 0.204 bits per heavy atom. The summed E-state index contributed by atoms with van der Waals surface area (Å²) in [7, 11) is 0. The molecule has 16 aliphatic carbocycles. The van der Waals surface area contributed by atoms with Crippen molar-refractivity contribution in [3.8, 4) is 0 Å². The van der Waals surface area contributed by atoms with Gasteiger partial charge in [-0.25, -0.2) is 0 Å². The van der Waals surface area contributed by atoms with Gasteiger partial charge in [0, 0.05) is 34.5 Å². The Morgan fingerprint density at radius 3 is 0.546 bits per heavy atom. The zero-order valence-electron chi connectivity index (χ0n) is 49.9. The molecule has 4 heterocycles. The summed E-state index contributed by atoms with van der Waals surface area (Å²) >= 11 is 0. The zero-order valence-corrected chi connectivity index (χ0v) is 49.9. The quantitative estimate of drug-likeness (QED) is 0.206. The van der Waals surface area contributed by atoms with E-state index >= 15 is 0 Å². The fraction of sp³-hybridized carbons (Fsp3) is 1.00. The summed E-state index contributed by atoms with van der Waals surface area (Å²) in [6.45, 7) is 0. The number of ether oxygens (including phenoxy) is 4. The van der Waals surface area contributed by atoms with E-state index in [1.165, 1.54) is 0 Å². The van der Waals surface area contributed by atoms with Crippen LogP contribution in [0.4, 0.5) is 211 Å². The molecule has 0 amide bonds. The van der Waals surface area contributed by atoms with Crippen molar-refractivity contribution in [2.45, 2.75) is 194 Å². The lowest BCUT2D eigenvalue weighted by Crippen LogP contribution is -2.72. The Bertz CT molecular complexity index is 3290. The lowest BCUT2D eigenvalue weighted by atomic mass is 9.66. The minimum atomic E-state index is -6.53. The van der Waals surface area contributed by atoms with Crippen LogP contribution in [0.15, 0.2) is 0 Å². The van der Waals surface area contributed by atoms with Gasteiger partial charge >= 0.3 is 98.8 Å². The van der Waals surface area contributed by atoms with Gasteiger partial charge in [0.25, 0.3) is 44.8 Å². The molecule has 24 bridgehead atoms. The SMILES string of the molecule is OC(C(F)(F)F)(C(F)(F)F)C12C3C4OC(C(F)(F)F)(C(F)(F)F)C1[C@@H]4C[C@@H]32.OC(C(F)(F)F)(C(F)(F)F)C12C3C4OC(C(F)(F)F)(C(F)(F)F)C1[C@H]4C[C@H]32.OC(C(F)(F)F)(C(F)(F)F)C12C3OC(C(F)(F)F)(C(F)(F)F)C4C1[C@@H]2C[C@@H]34.OC(C(F)(F)F)(C(F)(F)F)C12C3OC(C(F)(F)F)(C(F)(F)F)C4C1[C@H]2C[C@H]34. The van der Waals surface area contributed by atoms with Crippen LogP contribution in [-0.2, 0) is 18.9 Å². The average Bonchev–Trinajstić information content (AvgIpc) is 1.47. The highest BCUT2D eigenvalue weighted by Crippen LogP contribution is 2.98. The monoisotopic (exact) mass is 1700 g/mol. The third-order valence-corrected chi connectivity index (χ3v) is 27.2. The van der Waals surface area contributed by atoms with Crippen LogP contribution >= 0.6 is 0 Å². The van der Waals surface area contributed by atoms with Crippen molar-refractivity contribution in [1.82, 2.24) is 0 Å². The van der Waals surface area contributed by atoms with Crippen LogP contribution in [0.5, 0.6) is 0 Å². The molecule has 20 rings (SSSR count). The highest BCUT2D eigenvalue weighted by Gasteiger charge is 3.11. The van der Waals surface area contributed by atoms with Crippen LogP contribution in [-0.4, -0.2) is 188 Å². The topological polar surface area (TPSA) is 118 Å². The summed E-state index contributed by atoms with van der Waals surface area (Å²) in [6.07, 6.45) is -114. The Hall–Kier alpha value is -3.68. The minimum absolute atomic E-state index is 0.734. The maximum atomic E-state index is 13.4. The first-order valence-electron chi connectivity index (χ1n) is 29.9. The summed E-state index contributed by atoms with van der Waals surface area (Å²) in [5, 5.41) is 38.8. The van der Waals surface area contributed by atoms with E-state index in [1.807, 2.05) is 0 Å². The van der Waals surface area contributed by atoms with Crippen molar-refractivity contribution in [3.05, 3.63) is 0 Å². The molecule has 24 atom stereocenters. The minimum Gasteiger partial charge on any atom is -0.373 e. The maximum absolute atomic E-state index is 13.4. The van der Waals surface area contributed by atoms with Crippen LogP contribution in [0.2, 0.25) is 0 Å². The Labute approximate surface area is 560 Å². The molecule has 56 heteroatoms. The average molecular weight is 1700 g/mol. The molecular weight excluding hydrogens is 1660 g/mol. The molecule has 16 unspecified atom stereocenters. The summed E-state index contributed by atoms with van der Waals surface area (Å²) < 4.78 is 655.